The number of halogens is 1. The summed E-state index contributed by atoms with van der Waals surface area (Å²) in [6.07, 6.45) is 0.796. The summed E-state index contributed by atoms with van der Waals surface area (Å²) in [5.41, 5.74) is 10.8. The van der Waals surface area contributed by atoms with E-state index in [1.165, 1.54) is 5.56 Å². The average molecular weight is 264 g/mol. The molecular weight excluding hydrogens is 246 g/mol. The van der Waals surface area contributed by atoms with Crippen molar-refractivity contribution in [3.8, 4) is 0 Å². The maximum absolute atomic E-state index is 6.29. The van der Waals surface area contributed by atoms with Crippen LogP contribution in [0.15, 0.2) is 24.3 Å². The smallest absolute Gasteiger partial charge is 0.0644 e. The highest BCUT2D eigenvalue weighted by Gasteiger charge is 2.16. The SMILES string of the molecule is Cc1nn(C)c(C)c1C(N)Cc1ccc(Cl)cc1. The number of rotatable bonds is 3. The molecule has 1 atom stereocenters. The van der Waals surface area contributed by atoms with E-state index in [1.54, 1.807) is 0 Å². The Labute approximate surface area is 113 Å². The van der Waals surface area contributed by atoms with Crippen LogP contribution in [0.3, 0.4) is 0 Å². The number of hydrogen-bond donors (Lipinski definition) is 1. The minimum atomic E-state index is -0.0279. The van der Waals surface area contributed by atoms with Gasteiger partial charge in [-0.3, -0.25) is 4.68 Å². The summed E-state index contributed by atoms with van der Waals surface area (Å²) in [6, 6.07) is 7.80. The second-order valence-electron chi connectivity index (χ2n) is 4.65. The standard InChI is InChI=1S/C14H18ClN3/c1-9-14(10(2)18(3)17-9)13(16)8-11-4-6-12(15)7-5-11/h4-7,13H,8,16H2,1-3H3. The van der Waals surface area contributed by atoms with E-state index in [9.17, 15) is 0 Å². The molecular formula is C14H18ClN3. The van der Waals surface area contributed by atoms with Crippen LogP contribution in [0, 0.1) is 13.8 Å². The van der Waals surface area contributed by atoms with Crippen LogP contribution in [0.1, 0.15) is 28.6 Å². The van der Waals surface area contributed by atoms with E-state index in [2.05, 4.69) is 12.0 Å². The molecule has 0 saturated heterocycles. The van der Waals surface area contributed by atoms with E-state index in [0.29, 0.717) is 0 Å². The number of aromatic nitrogens is 2. The zero-order valence-corrected chi connectivity index (χ0v) is 11.7. The van der Waals surface area contributed by atoms with Crippen LogP contribution in [0.4, 0.5) is 0 Å². The third kappa shape index (κ3) is 2.57. The first-order valence-corrected chi connectivity index (χ1v) is 6.37. The number of nitrogens with two attached hydrogens (primary N) is 1. The van der Waals surface area contributed by atoms with Gasteiger partial charge in [0, 0.05) is 29.4 Å². The number of benzene rings is 1. The lowest BCUT2D eigenvalue weighted by molar-refractivity contribution is 0.700. The number of nitrogens with zero attached hydrogens (tertiary/aromatic N) is 2. The molecule has 4 heteroatoms. The molecule has 0 radical (unpaired) electrons. The molecule has 1 aromatic carbocycles. The van der Waals surface area contributed by atoms with Gasteiger partial charge in [-0.1, -0.05) is 23.7 Å². The first-order chi connectivity index (χ1) is 8.49. The maximum atomic E-state index is 6.29. The molecule has 2 N–H and O–H groups in total. The van der Waals surface area contributed by atoms with Gasteiger partial charge in [-0.05, 0) is 38.0 Å². The Kier molecular flexibility index (Phi) is 3.73. The van der Waals surface area contributed by atoms with Gasteiger partial charge in [0.05, 0.1) is 5.69 Å². The van der Waals surface area contributed by atoms with Crippen LogP contribution < -0.4 is 5.73 Å². The first kappa shape index (κ1) is 13.1. The van der Waals surface area contributed by atoms with Crippen molar-refractivity contribution in [2.24, 2.45) is 12.8 Å². The fourth-order valence-corrected chi connectivity index (χ4v) is 2.43. The monoisotopic (exact) mass is 263 g/mol. The van der Waals surface area contributed by atoms with E-state index < -0.39 is 0 Å². The molecule has 0 saturated carbocycles. The van der Waals surface area contributed by atoms with Crippen LogP contribution in [-0.2, 0) is 13.5 Å². The third-order valence-electron chi connectivity index (χ3n) is 3.30. The lowest BCUT2D eigenvalue weighted by Crippen LogP contribution is -2.15. The summed E-state index contributed by atoms with van der Waals surface area (Å²) in [5.74, 6) is 0. The number of hydrogen-bond acceptors (Lipinski definition) is 2. The molecule has 1 unspecified atom stereocenters. The Bertz CT molecular complexity index is 543. The lowest BCUT2D eigenvalue weighted by atomic mass is 9.98. The van der Waals surface area contributed by atoms with Gasteiger partial charge in [0.15, 0.2) is 0 Å². The van der Waals surface area contributed by atoms with E-state index in [-0.39, 0.29) is 6.04 Å². The second-order valence-corrected chi connectivity index (χ2v) is 5.08. The lowest BCUT2D eigenvalue weighted by Gasteiger charge is -2.12. The molecule has 2 rings (SSSR count). The molecule has 0 fully saturated rings. The third-order valence-corrected chi connectivity index (χ3v) is 3.56. The van der Waals surface area contributed by atoms with Crippen LogP contribution in [0.5, 0.6) is 0 Å². The summed E-state index contributed by atoms with van der Waals surface area (Å²) in [5, 5.41) is 5.15. The van der Waals surface area contributed by atoms with Crippen molar-refractivity contribution in [2.75, 3.05) is 0 Å². The molecule has 3 nitrogen and oxygen atoms in total. The highest BCUT2D eigenvalue weighted by molar-refractivity contribution is 6.30. The summed E-state index contributed by atoms with van der Waals surface area (Å²) in [7, 11) is 1.95. The second kappa shape index (κ2) is 5.12. The Hall–Kier alpha value is -1.32. The predicted molar refractivity (Wildman–Crippen MR) is 74.8 cm³/mol. The zero-order valence-electron chi connectivity index (χ0n) is 10.9. The molecule has 0 aliphatic carbocycles. The molecule has 0 amide bonds. The fourth-order valence-electron chi connectivity index (χ4n) is 2.30. The first-order valence-electron chi connectivity index (χ1n) is 5.99. The Morgan fingerprint density at radius 2 is 1.89 bits per heavy atom. The minimum Gasteiger partial charge on any atom is -0.324 e. The molecule has 0 aliphatic heterocycles. The van der Waals surface area contributed by atoms with Crippen molar-refractivity contribution in [2.45, 2.75) is 26.3 Å². The zero-order chi connectivity index (χ0) is 13.3. The van der Waals surface area contributed by atoms with E-state index in [1.807, 2.05) is 42.9 Å². The molecule has 1 aromatic heterocycles. The van der Waals surface area contributed by atoms with Crippen molar-refractivity contribution < 1.29 is 0 Å². The quantitative estimate of drug-likeness (QED) is 0.925. The van der Waals surface area contributed by atoms with Gasteiger partial charge in [-0.25, -0.2) is 0 Å². The Balaban J connectivity index is 2.21. The van der Waals surface area contributed by atoms with Gasteiger partial charge in [0.2, 0.25) is 0 Å². The summed E-state index contributed by atoms with van der Waals surface area (Å²) < 4.78 is 1.88. The summed E-state index contributed by atoms with van der Waals surface area (Å²) >= 11 is 5.87. The molecule has 0 bridgehead atoms. The van der Waals surface area contributed by atoms with Crippen molar-refractivity contribution in [3.05, 3.63) is 51.8 Å². The minimum absolute atomic E-state index is 0.0279. The number of aryl methyl sites for hydroxylation is 2. The molecule has 0 spiro atoms. The van der Waals surface area contributed by atoms with Crippen LogP contribution in [0.25, 0.3) is 0 Å². The maximum Gasteiger partial charge on any atom is 0.0644 e. The summed E-state index contributed by atoms with van der Waals surface area (Å²) in [6.45, 7) is 4.06. The van der Waals surface area contributed by atoms with Gasteiger partial charge >= 0.3 is 0 Å². The highest BCUT2D eigenvalue weighted by atomic mass is 35.5. The Morgan fingerprint density at radius 1 is 1.28 bits per heavy atom. The van der Waals surface area contributed by atoms with Crippen molar-refractivity contribution >= 4 is 11.6 Å². The highest BCUT2D eigenvalue weighted by Crippen LogP contribution is 2.23. The largest absolute Gasteiger partial charge is 0.324 e. The molecule has 18 heavy (non-hydrogen) atoms. The molecule has 2 aromatic rings. The van der Waals surface area contributed by atoms with Crippen molar-refractivity contribution in [1.82, 2.24) is 9.78 Å². The molecule has 0 aliphatic rings. The topological polar surface area (TPSA) is 43.8 Å². The van der Waals surface area contributed by atoms with Crippen molar-refractivity contribution in [3.63, 3.8) is 0 Å². The predicted octanol–water partition coefficient (Wildman–Crippen LogP) is 2.93. The van der Waals surface area contributed by atoms with Crippen LogP contribution in [-0.4, -0.2) is 9.78 Å². The molecule has 1 heterocycles. The fraction of sp³-hybridized carbons (Fsp3) is 0.357. The van der Waals surface area contributed by atoms with Gasteiger partial charge < -0.3 is 5.73 Å². The van der Waals surface area contributed by atoms with E-state index in [0.717, 1.165) is 28.4 Å². The van der Waals surface area contributed by atoms with Gasteiger partial charge in [0.25, 0.3) is 0 Å². The van der Waals surface area contributed by atoms with Gasteiger partial charge in [-0.2, -0.15) is 5.10 Å². The van der Waals surface area contributed by atoms with E-state index in [4.69, 9.17) is 17.3 Å². The average Bonchev–Trinajstić information content (AvgIpc) is 2.56. The van der Waals surface area contributed by atoms with Crippen LogP contribution >= 0.6 is 11.6 Å². The summed E-state index contributed by atoms with van der Waals surface area (Å²) in [4.78, 5) is 0. The Morgan fingerprint density at radius 3 is 2.39 bits per heavy atom. The van der Waals surface area contributed by atoms with Crippen molar-refractivity contribution in [1.29, 1.82) is 0 Å². The van der Waals surface area contributed by atoms with E-state index >= 15 is 0 Å². The van der Waals surface area contributed by atoms with Gasteiger partial charge in [-0.15, -0.1) is 0 Å². The molecule has 96 valence electrons. The normalized spacial score (nSPS) is 12.7. The van der Waals surface area contributed by atoms with Crippen LogP contribution in [0.2, 0.25) is 5.02 Å². The van der Waals surface area contributed by atoms with Gasteiger partial charge in [0.1, 0.15) is 0 Å².